The van der Waals surface area contributed by atoms with E-state index in [1.165, 1.54) is 12.1 Å². The molecule has 4 rings (SSSR count). The number of hydrogen-bond acceptors (Lipinski definition) is 5. The zero-order valence-corrected chi connectivity index (χ0v) is 23.5. The molecule has 4 aromatic rings. The zero-order valence-electron chi connectivity index (χ0n) is 22.6. The normalized spacial score (nSPS) is 11.5. The molecular formula is C29H33N4O5P. The first-order chi connectivity index (χ1) is 18.4. The van der Waals surface area contributed by atoms with E-state index in [0.29, 0.717) is 35.5 Å². The zero-order chi connectivity index (χ0) is 28.5. The number of hydrogen-bond donors (Lipinski definition) is 5. The Morgan fingerprint density at radius 1 is 1.03 bits per heavy atom. The summed E-state index contributed by atoms with van der Waals surface area (Å²) in [4.78, 5) is 42.4. The molecule has 0 bridgehead atoms. The number of aromatic amines is 1. The van der Waals surface area contributed by atoms with Crippen molar-refractivity contribution in [3.63, 3.8) is 0 Å². The van der Waals surface area contributed by atoms with Crippen LogP contribution in [-0.2, 0) is 17.4 Å². The van der Waals surface area contributed by atoms with E-state index in [1.807, 2.05) is 69.2 Å². The number of anilines is 1. The highest BCUT2D eigenvalue weighted by molar-refractivity contribution is 7.60. The van der Waals surface area contributed by atoms with Crippen LogP contribution in [0.2, 0.25) is 0 Å². The predicted octanol–water partition coefficient (Wildman–Crippen LogP) is 4.08. The average molecular weight is 549 g/mol. The number of aromatic nitrogens is 2. The van der Waals surface area contributed by atoms with Gasteiger partial charge >= 0.3 is 7.60 Å². The summed E-state index contributed by atoms with van der Waals surface area (Å²) in [6.07, 6.45) is 0.965. The largest absolute Gasteiger partial charge is 0.507 e. The highest BCUT2D eigenvalue weighted by Crippen LogP contribution is 2.35. The van der Waals surface area contributed by atoms with Gasteiger partial charge in [-0.2, -0.15) is 0 Å². The van der Waals surface area contributed by atoms with E-state index in [4.69, 9.17) is 4.98 Å². The molecule has 204 valence electrons. The predicted molar refractivity (Wildman–Crippen MR) is 154 cm³/mol. The third-order valence-electron chi connectivity index (χ3n) is 6.70. The molecule has 5 N–H and O–H groups in total. The number of amides is 1. The molecule has 0 aliphatic heterocycles. The number of benzene rings is 3. The van der Waals surface area contributed by atoms with Crippen LogP contribution in [0.1, 0.15) is 32.7 Å². The quantitative estimate of drug-likeness (QED) is 0.209. The van der Waals surface area contributed by atoms with E-state index in [0.717, 1.165) is 33.6 Å². The van der Waals surface area contributed by atoms with Crippen molar-refractivity contribution in [1.29, 1.82) is 0 Å². The molecule has 0 unspecified atom stereocenters. The van der Waals surface area contributed by atoms with Gasteiger partial charge in [0.15, 0.2) is 0 Å². The van der Waals surface area contributed by atoms with Crippen molar-refractivity contribution < 1.29 is 24.3 Å². The number of phenols is 1. The highest BCUT2D eigenvalue weighted by atomic mass is 31.2. The summed E-state index contributed by atoms with van der Waals surface area (Å²) in [6.45, 7) is 3.66. The van der Waals surface area contributed by atoms with E-state index in [9.17, 15) is 24.3 Å². The Morgan fingerprint density at radius 3 is 2.33 bits per heavy atom. The fourth-order valence-corrected chi connectivity index (χ4v) is 5.16. The Bertz CT molecular complexity index is 1570. The summed E-state index contributed by atoms with van der Waals surface area (Å²) in [7, 11) is 1.02. The van der Waals surface area contributed by atoms with E-state index in [1.54, 1.807) is 13.1 Å². The van der Waals surface area contributed by atoms with Crippen molar-refractivity contribution in [2.75, 3.05) is 26.0 Å². The second kappa shape index (κ2) is 11.1. The number of carbonyl (C=O) groups excluding carboxylic acids is 1. The van der Waals surface area contributed by atoms with Crippen LogP contribution in [0, 0.1) is 13.8 Å². The van der Waals surface area contributed by atoms with Crippen molar-refractivity contribution >= 4 is 24.5 Å². The third-order valence-corrected chi connectivity index (χ3v) is 7.65. The first-order valence-electron chi connectivity index (χ1n) is 12.5. The van der Waals surface area contributed by atoms with Crippen LogP contribution in [0.25, 0.3) is 22.6 Å². The van der Waals surface area contributed by atoms with Crippen LogP contribution in [0.15, 0.2) is 54.6 Å². The smallest absolute Gasteiger partial charge is 0.356 e. The number of imidazole rings is 1. The summed E-state index contributed by atoms with van der Waals surface area (Å²) in [5.41, 5.74) is 6.40. The Balaban J connectivity index is 1.84. The summed E-state index contributed by atoms with van der Waals surface area (Å²) in [6, 6.07) is 15.7. The molecule has 1 aromatic heterocycles. The lowest BCUT2D eigenvalue weighted by atomic mass is 9.99. The molecule has 1 amide bonds. The van der Waals surface area contributed by atoms with Crippen molar-refractivity contribution in [2.24, 2.45) is 0 Å². The molecule has 0 spiro atoms. The van der Waals surface area contributed by atoms with Gasteiger partial charge in [0.05, 0.1) is 16.6 Å². The molecule has 39 heavy (non-hydrogen) atoms. The van der Waals surface area contributed by atoms with Crippen LogP contribution < -0.4 is 15.5 Å². The lowest BCUT2D eigenvalue weighted by Gasteiger charge is -2.16. The van der Waals surface area contributed by atoms with Gasteiger partial charge in [-0.05, 0) is 85.8 Å². The van der Waals surface area contributed by atoms with Gasteiger partial charge in [0.25, 0.3) is 5.91 Å². The molecule has 0 saturated carbocycles. The summed E-state index contributed by atoms with van der Waals surface area (Å²) in [5.74, 6) is 0.585. The number of H-pyrrole nitrogens is 1. The second-order valence-corrected chi connectivity index (χ2v) is 11.4. The van der Waals surface area contributed by atoms with Crippen LogP contribution >= 0.6 is 7.60 Å². The minimum absolute atomic E-state index is 0.0262. The maximum absolute atomic E-state index is 12.9. The Labute approximate surface area is 227 Å². The average Bonchev–Trinajstić information content (AvgIpc) is 3.33. The van der Waals surface area contributed by atoms with Gasteiger partial charge in [-0.25, -0.2) is 4.98 Å². The first kappa shape index (κ1) is 28.1. The molecule has 0 saturated heterocycles. The molecule has 0 aliphatic rings. The minimum atomic E-state index is -4.37. The van der Waals surface area contributed by atoms with Gasteiger partial charge in [0, 0.05) is 43.7 Å². The number of phenolic OH excluding ortho intramolecular Hbond substituents is 1. The van der Waals surface area contributed by atoms with E-state index < -0.39 is 7.60 Å². The first-order valence-corrected chi connectivity index (χ1v) is 14.1. The topological polar surface area (TPSA) is 139 Å². The van der Waals surface area contributed by atoms with Crippen LogP contribution in [0.5, 0.6) is 5.75 Å². The van der Waals surface area contributed by atoms with Gasteiger partial charge in [-0.3, -0.25) is 9.36 Å². The minimum Gasteiger partial charge on any atom is -0.507 e. The molecule has 0 fully saturated rings. The number of aromatic hydroxyl groups is 1. The van der Waals surface area contributed by atoms with Crippen LogP contribution in [0.3, 0.4) is 0 Å². The summed E-state index contributed by atoms with van der Waals surface area (Å²) < 4.78 is 11.8. The number of aryl methyl sites for hydroxylation is 4. The lowest BCUT2D eigenvalue weighted by Crippen LogP contribution is -2.20. The van der Waals surface area contributed by atoms with Crippen LogP contribution in [-0.4, -0.2) is 51.9 Å². The van der Waals surface area contributed by atoms with Gasteiger partial charge < -0.3 is 30.1 Å². The van der Waals surface area contributed by atoms with Crippen molar-refractivity contribution in [3.8, 4) is 28.4 Å². The maximum atomic E-state index is 12.9. The van der Waals surface area contributed by atoms with Gasteiger partial charge in [0.2, 0.25) is 0 Å². The van der Waals surface area contributed by atoms with Gasteiger partial charge in [-0.1, -0.05) is 12.1 Å². The molecule has 9 nitrogen and oxygen atoms in total. The molecule has 0 radical (unpaired) electrons. The van der Waals surface area contributed by atoms with E-state index in [2.05, 4.69) is 10.3 Å². The van der Waals surface area contributed by atoms with E-state index >= 15 is 0 Å². The number of carbonyl (C=O) groups is 1. The molecule has 3 aromatic carbocycles. The van der Waals surface area contributed by atoms with Gasteiger partial charge in [0.1, 0.15) is 11.6 Å². The van der Waals surface area contributed by atoms with Crippen LogP contribution in [0.4, 0.5) is 5.69 Å². The SMILES string of the molecule is CNC(=O)c1cc(N(C)C)ccc1-c1nc(-c2cc(C)c(O)c(C)c2)[nH]c1CCc1cccc(P(=O)(O)O)c1. The Hall–Kier alpha value is -3.91. The third kappa shape index (κ3) is 6.06. The Kier molecular flexibility index (Phi) is 7.97. The van der Waals surface area contributed by atoms with Crippen molar-refractivity contribution in [3.05, 3.63) is 82.5 Å². The lowest BCUT2D eigenvalue weighted by molar-refractivity contribution is 0.0963. The fraction of sp³-hybridized carbons (Fsp3) is 0.241. The van der Waals surface area contributed by atoms with Crippen molar-refractivity contribution in [1.82, 2.24) is 15.3 Å². The molecule has 10 heteroatoms. The molecular weight excluding hydrogens is 515 g/mol. The molecule has 1 heterocycles. The maximum Gasteiger partial charge on any atom is 0.356 e. The summed E-state index contributed by atoms with van der Waals surface area (Å²) in [5, 5.41) is 13.0. The van der Waals surface area contributed by atoms with Crippen molar-refractivity contribution in [2.45, 2.75) is 26.7 Å². The number of nitrogens with zero attached hydrogens (tertiary/aromatic N) is 2. The number of nitrogens with one attached hydrogen (secondary N) is 2. The van der Waals surface area contributed by atoms with Gasteiger partial charge in [-0.15, -0.1) is 0 Å². The summed E-state index contributed by atoms with van der Waals surface area (Å²) >= 11 is 0. The standard InChI is InChI=1S/C29H33N4O5P/c1-17-13-20(14-18(2)27(17)34)28-31-25(12-9-19-7-6-8-22(15-19)39(36,37)38)26(32-28)23-11-10-21(33(4)5)16-24(23)29(35)30-3/h6-8,10-11,13-16,34H,9,12H2,1-5H3,(H,30,35)(H,31,32)(H2,36,37,38). The monoisotopic (exact) mass is 548 g/mol. The molecule has 0 atom stereocenters. The molecule has 0 aliphatic carbocycles. The Morgan fingerprint density at radius 2 is 1.72 bits per heavy atom. The number of rotatable bonds is 8. The highest BCUT2D eigenvalue weighted by Gasteiger charge is 2.22. The van der Waals surface area contributed by atoms with E-state index in [-0.39, 0.29) is 17.0 Å². The fourth-order valence-electron chi connectivity index (χ4n) is 4.54. The second-order valence-electron chi connectivity index (χ2n) is 9.79.